The molecule has 0 bridgehead atoms. The molecule has 16 heavy (non-hydrogen) atoms. The summed E-state index contributed by atoms with van der Waals surface area (Å²) in [4.78, 5) is 0. The molecule has 0 spiro atoms. The van der Waals surface area contributed by atoms with Crippen LogP contribution < -0.4 is 5.32 Å². The van der Waals surface area contributed by atoms with Gasteiger partial charge in [0.2, 0.25) is 0 Å². The molecule has 0 aliphatic rings. The summed E-state index contributed by atoms with van der Waals surface area (Å²) in [5.41, 5.74) is 1.28. The fraction of sp³-hybridized carbons (Fsp3) is 0.750. The third-order valence-electron chi connectivity index (χ3n) is 2.41. The third-order valence-corrected chi connectivity index (χ3v) is 2.41. The van der Waals surface area contributed by atoms with E-state index in [1.165, 1.54) is 12.0 Å². The molecule has 92 valence electrons. The average molecular weight is 225 g/mol. The van der Waals surface area contributed by atoms with Crippen LogP contribution in [-0.4, -0.2) is 36.1 Å². The van der Waals surface area contributed by atoms with Crippen LogP contribution in [0, 0.1) is 0 Å². The second-order valence-corrected chi connectivity index (χ2v) is 3.99. The number of aromatic nitrogens is 2. The van der Waals surface area contributed by atoms with E-state index in [-0.39, 0.29) is 0 Å². The van der Waals surface area contributed by atoms with E-state index in [2.05, 4.69) is 23.5 Å². The first kappa shape index (κ1) is 13.2. The molecule has 0 aliphatic heterocycles. The molecule has 0 aromatic carbocycles. The summed E-state index contributed by atoms with van der Waals surface area (Å²) >= 11 is 0. The molecule has 0 unspecified atom stereocenters. The Balaban J connectivity index is 1.88. The summed E-state index contributed by atoms with van der Waals surface area (Å²) in [5, 5.41) is 7.49. The number of hydrogen-bond donors (Lipinski definition) is 1. The van der Waals surface area contributed by atoms with Crippen LogP contribution >= 0.6 is 0 Å². The first-order valence-corrected chi connectivity index (χ1v) is 6.09. The van der Waals surface area contributed by atoms with Gasteiger partial charge in [-0.25, -0.2) is 0 Å². The maximum atomic E-state index is 5.45. The van der Waals surface area contributed by atoms with Crippen LogP contribution in [0.1, 0.15) is 25.3 Å². The Morgan fingerprint density at radius 1 is 1.38 bits per heavy atom. The lowest BCUT2D eigenvalue weighted by Crippen LogP contribution is -2.22. The van der Waals surface area contributed by atoms with Gasteiger partial charge in [-0.05, 0) is 24.9 Å². The van der Waals surface area contributed by atoms with Crippen LogP contribution in [0.3, 0.4) is 0 Å². The summed E-state index contributed by atoms with van der Waals surface area (Å²) in [6.07, 6.45) is 7.37. The monoisotopic (exact) mass is 225 g/mol. The lowest BCUT2D eigenvalue weighted by Gasteiger charge is -2.04. The predicted octanol–water partition coefficient (Wildman–Crippen LogP) is 1.37. The zero-order chi connectivity index (χ0) is 11.6. The Kier molecular flexibility index (Phi) is 6.85. The minimum Gasteiger partial charge on any atom is -0.380 e. The fourth-order valence-electron chi connectivity index (χ4n) is 1.45. The minimum absolute atomic E-state index is 0.813. The molecule has 4 nitrogen and oxygen atoms in total. The first-order chi connectivity index (χ1) is 7.83. The summed E-state index contributed by atoms with van der Waals surface area (Å²) in [5.74, 6) is 0. The van der Waals surface area contributed by atoms with Gasteiger partial charge in [0.15, 0.2) is 0 Å². The molecule has 0 saturated carbocycles. The molecule has 1 aromatic heterocycles. The van der Waals surface area contributed by atoms with E-state index in [0.29, 0.717) is 0 Å². The maximum absolute atomic E-state index is 5.45. The molecule has 0 radical (unpaired) electrons. The van der Waals surface area contributed by atoms with Gasteiger partial charge in [0.05, 0.1) is 12.8 Å². The Bertz CT molecular complexity index is 273. The lowest BCUT2D eigenvalue weighted by atomic mass is 10.2. The number of unbranched alkanes of at least 4 members (excludes halogenated alkanes) is 1. The summed E-state index contributed by atoms with van der Waals surface area (Å²) in [7, 11) is 1.94. The molecule has 0 fully saturated rings. The normalized spacial score (nSPS) is 10.9. The Labute approximate surface area is 98.0 Å². The number of hydrogen-bond acceptors (Lipinski definition) is 3. The third kappa shape index (κ3) is 5.88. The average Bonchev–Trinajstić information content (AvgIpc) is 2.68. The molecular weight excluding hydrogens is 202 g/mol. The first-order valence-electron chi connectivity index (χ1n) is 6.09. The molecule has 0 amide bonds. The van der Waals surface area contributed by atoms with Crippen molar-refractivity contribution in [2.75, 3.05) is 26.3 Å². The summed E-state index contributed by atoms with van der Waals surface area (Å²) in [6, 6.07) is 0. The van der Waals surface area contributed by atoms with E-state index in [0.717, 1.165) is 39.1 Å². The van der Waals surface area contributed by atoms with Crippen LogP contribution in [0.4, 0.5) is 0 Å². The number of ether oxygens (including phenoxy) is 1. The highest BCUT2D eigenvalue weighted by atomic mass is 16.5. The highest BCUT2D eigenvalue weighted by molar-refractivity contribution is 5.03. The predicted molar refractivity (Wildman–Crippen MR) is 65.5 cm³/mol. The van der Waals surface area contributed by atoms with E-state index >= 15 is 0 Å². The van der Waals surface area contributed by atoms with Crippen molar-refractivity contribution in [1.82, 2.24) is 15.1 Å². The molecule has 1 aromatic rings. The highest BCUT2D eigenvalue weighted by Gasteiger charge is 1.95. The highest BCUT2D eigenvalue weighted by Crippen LogP contribution is 1.95. The second-order valence-electron chi connectivity index (χ2n) is 3.99. The fourth-order valence-corrected chi connectivity index (χ4v) is 1.45. The van der Waals surface area contributed by atoms with E-state index in [9.17, 15) is 0 Å². The van der Waals surface area contributed by atoms with Gasteiger partial charge in [0, 0.05) is 26.4 Å². The maximum Gasteiger partial charge on any atom is 0.0590 e. The van der Waals surface area contributed by atoms with Crippen molar-refractivity contribution in [3.63, 3.8) is 0 Å². The van der Waals surface area contributed by atoms with E-state index in [1.54, 1.807) is 0 Å². The SMILES string of the molecule is CCCCOCCNCCc1cnn(C)c1. The van der Waals surface area contributed by atoms with Crippen LogP contribution in [0.15, 0.2) is 12.4 Å². The second kappa shape index (κ2) is 8.30. The molecule has 4 heteroatoms. The Morgan fingerprint density at radius 2 is 2.25 bits per heavy atom. The van der Waals surface area contributed by atoms with Gasteiger partial charge in [-0.2, -0.15) is 5.10 Å². The molecular formula is C12H23N3O. The topological polar surface area (TPSA) is 39.1 Å². The van der Waals surface area contributed by atoms with Gasteiger partial charge < -0.3 is 10.1 Å². The van der Waals surface area contributed by atoms with Crippen molar-refractivity contribution in [3.8, 4) is 0 Å². The standard InChI is InChI=1S/C12H23N3O/c1-3-4-8-16-9-7-13-6-5-12-10-14-15(2)11-12/h10-11,13H,3-9H2,1-2H3. The number of rotatable bonds is 9. The van der Waals surface area contributed by atoms with Crippen LogP contribution in [0.2, 0.25) is 0 Å². The van der Waals surface area contributed by atoms with E-state index in [4.69, 9.17) is 4.74 Å². The molecule has 1 N–H and O–H groups in total. The van der Waals surface area contributed by atoms with Gasteiger partial charge in [-0.3, -0.25) is 4.68 Å². The zero-order valence-electron chi connectivity index (χ0n) is 10.4. The van der Waals surface area contributed by atoms with Gasteiger partial charge >= 0.3 is 0 Å². The van der Waals surface area contributed by atoms with Crippen molar-refractivity contribution in [2.24, 2.45) is 7.05 Å². The minimum atomic E-state index is 0.813. The van der Waals surface area contributed by atoms with Crippen LogP contribution in [-0.2, 0) is 18.2 Å². The van der Waals surface area contributed by atoms with Gasteiger partial charge in [0.1, 0.15) is 0 Å². The smallest absolute Gasteiger partial charge is 0.0590 e. The van der Waals surface area contributed by atoms with Gasteiger partial charge in [-0.1, -0.05) is 13.3 Å². The number of nitrogens with one attached hydrogen (secondary N) is 1. The lowest BCUT2D eigenvalue weighted by molar-refractivity contribution is 0.133. The van der Waals surface area contributed by atoms with Crippen molar-refractivity contribution in [3.05, 3.63) is 18.0 Å². The van der Waals surface area contributed by atoms with Crippen LogP contribution in [0.25, 0.3) is 0 Å². The molecule has 1 heterocycles. The van der Waals surface area contributed by atoms with E-state index < -0.39 is 0 Å². The number of nitrogens with zero attached hydrogens (tertiary/aromatic N) is 2. The summed E-state index contributed by atoms with van der Waals surface area (Å²) in [6.45, 7) is 5.80. The molecule has 0 atom stereocenters. The van der Waals surface area contributed by atoms with Crippen LogP contribution in [0.5, 0.6) is 0 Å². The quantitative estimate of drug-likeness (QED) is 0.645. The van der Waals surface area contributed by atoms with E-state index in [1.807, 2.05) is 17.9 Å². The molecule has 0 aliphatic carbocycles. The summed E-state index contributed by atoms with van der Waals surface area (Å²) < 4.78 is 7.29. The Morgan fingerprint density at radius 3 is 2.94 bits per heavy atom. The largest absolute Gasteiger partial charge is 0.380 e. The van der Waals surface area contributed by atoms with Gasteiger partial charge in [-0.15, -0.1) is 0 Å². The Hall–Kier alpha value is -0.870. The zero-order valence-corrected chi connectivity index (χ0v) is 10.4. The van der Waals surface area contributed by atoms with Crippen molar-refractivity contribution in [2.45, 2.75) is 26.2 Å². The molecule has 1 rings (SSSR count). The van der Waals surface area contributed by atoms with Crippen molar-refractivity contribution in [1.29, 1.82) is 0 Å². The van der Waals surface area contributed by atoms with Crippen molar-refractivity contribution >= 4 is 0 Å². The van der Waals surface area contributed by atoms with Crippen molar-refractivity contribution < 1.29 is 4.74 Å². The number of aryl methyl sites for hydroxylation is 1. The van der Waals surface area contributed by atoms with Gasteiger partial charge in [0.25, 0.3) is 0 Å². The molecule has 0 saturated heterocycles.